The van der Waals surface area contributed by atoms with Crippen molar-refractivity contribution in [1.29, 1.82) is 0 Å². The maximum absolute atomic E-state index is 11.7. The fourth-order valence-corrected chi connectivity index (χ4v) is 1.29. The van der Waals surface area contributed by atoms with Crippen LogP contribution in [-0.4, -0.2) is 20.8 Å². The number of nitro groups is 1. The summed E-state index contributed by atoms with van der Waals surface area (Å²) in [6.07, 6.45) is 4.34. The minimum atomic E-state index is -0.523. The van der Waals surface area contributed by atoms with Crippen LogP contribution in [0.25, 0.3) is 0 Å². The van der Waals surface area contributed by atoms with Gasteiger partial charge in [0.05, 0.1) is 11.1 Å². The van der Waals surface area contributed by atoms with Crippen LogP contribution in [0.2, 0.25) is 0 Å². The van der Waals surface area contributed by atoms with Gasteiger partial charge in [0.25, 0.3) is 11.6 Å². The molecule has 90 valence electrons. The lowest BCUT2D eigenvalue weighted by atomic mass is 10.2. The second-order valence-electron chi connectivity index (χ2n) is 3.35. The van der Waals surface area contributed by atoms with E-state index in [9.17, 15) is 14.9 Å². The second kappa shape index (κ2) is 5.00. The SMILES string of the molecule is O=C(Nc1cnccn1)c1ccc([N+](=O)[O-])cc1. The minimum absolute atomic E-state index is 0.0638. The first-order valence-corrected chi connectivity index (χ1v) is 4.98. The fourth-order valence-electron chi connectivity index (χ4n) is 1.29. The summed E-state index contributed by atoms with van der Waals surface area (Å²) in [6, 6.07) is 5.30. The van der Waals surface area contributed by atoms with E-state index in [0.29, 0.717) is 11.4 Å². The van der Waals surface area contributed by atoms with Crippen molar-refractivity contribution >= 4 is 17.4 Å². The Kier molecular flexibility index (Phi) is 3.24. The number of aromatic nitrogens is 2. The monoisotopic (exact) mass is 244 g/mol. The van der Waals surface area contributed by atoms with Gasteiger partial charge < -0.3 is 5.32 Å². The van der Waals surface area contributed by atoms with Crippen LogP contribution in [0.4, 0.5) is 11.5 Å². The molecule has 2 rings (SSSR count). The molecule has 1 heterocycles. The first kappa shape index (κ1) is 11.6. The van der Waals surface area contributed by atoms with E-state index in [1.165, 1.54) is 42.9 Å². The van der Waals surface area contributed by atoms with Gasteiger partial charge in [-0.1, -0.05) is 0 Å². The van der Waals surface area contributed by atoms with E-state index in [2.05, 4.69) is 15.3 Å². The summed E-state index contributed by atoms with van der Waals surface area (Å²) in [4.78, 5) is 29.4. The van der Waals surface area contributed by atoms with Crippen molar-refractivity contribution in [2.45, 2.75) is 0 Å². The van der Waals surface area contributed by atoms with Crippen molar-refractivity contribution in [2.24, 2.45) is 0 Å². The predicted octanol–water partition coefficient (Wildman–Crippen LogP) is 1.64. The molecular weight excluding hydrogens is 236 g/mol. The van der Waals surface area contributed by atoms with Crippen LogP contribution in [0.3, 0.4) is 0 Å². The van der Waals surface area contributed by atoms with E-state index in [4.69, 9.17) is 0 Å². The molecule has 18 heavy (non-hydrogen) atoms. The number of anilines is 1. The highest BCUT2D eigenvalue weighted by atomic mass is 16.6. The van der Waals surface area contributed by atoms with Gasteiger partial charge in [-0.05, 0) is 12.1 Å². The van der Waals surface area contributed by atoms with Gasteiger partial charge in [-0.15, -0.1) is 0 Å². The first-order chi connectivity index (χ1) is 8.66. The second-order valence-corrected chi connectivity index (χ2v) is 3.35. The van der Waals surface area contributed by atoms with Crippen molar-refractivity contribution in [2.75, 3.05) is 5.32 Å². The third-order valence-electron chi connectivity index (χ3n) is 2.15. The predicted molar refractivity (Wildman–Crippen MR) is 63.1 cm³/mol. The zero-order chi connectivity index (χ0) is 13.0. The molecule has 0 aliphatic carbocycles. The summed E-state index contributed by atoms with van der Waals surface area (Å²) >= 11 is 0. The third-order valence-corrected chi connectivity index (χ3v) is 2.15. The van der Waals surface area contributed by atoms with E-state index in [0.717, 1.165) is 0 Å². The minimum Gasteiger partial charge on any atom is -0.305 e. The molecule has 1 aromatic heterocycles. The molecular formula is C11H8N4O3. The number of carbonyl (C=O) groups is 1. The summed E-state index contributed by atoms with van der Waals surface area (Å²) in [5.41, 5.74) is 0.248. The van der Waals surface area contributed by atoms with E-state index in [-0.39, 0.29) is 5.69 Å². The molecule has 0 bridgehead atoms. The average Bonchev–Trinajstić information content (AvgIpc) is 2.40. The number of non-ortho nitro benzene ring substituents is 1. The molecule has 0 radical (unpaired) electrons. The molecule has 7 heteroatoms. The molecule has 2 aromatic rings. The molecule has 0 fully saturated rings. The lowest BCUT2D eigenvalue weighted by molar-refractivity contribution is -0.384. The van der Waals surface area contributed by atoms with Crippen molar-refractivity contribution in [3.05, 3.63) is 58.5 Å². The van der Waals surface area contributed by atoms with Crippen LogP contribution in [0.1, 0.15) is 10.4 Å². The van der Waals surface area contributed by atoms with Crippen LogP contribution in [0.5, 0.6) is 0 Å². The maximum Gasteiger partial charge on any atom is 0.269 e. The van der Waals surface area contributed by atoms with Crippen molar-refractivity contribution in [1.82, 2.24) is 9.97 Å². The van der Waals surface area contributed by atoms with Gasteiger partial charge in [0.1, 0.15) is 0 Å². The molecule has 7 nitrogen and oxygen atoms in total. The number of amides is 1. The van der Waals surface area contributed by atoms with Crippen molar-refractivity contribution in [3.63, 3.8) is 0 Å². The number of carbonyl (C=O) groups excluding carboxylic acids is 1. The van der Waals surface area contributed by atoms with Gasteiger partial charge in [-0.25, -0.2) is 4.98 Å². The van der Waals surface area contributed by atoms with Crippen LogP contribution in [0, 0.1) is 10.1 Å². The Morgan fingerprint density at radius 2 is 1.94 bits per heavy atom. The Morgan fingerprint density at radius 3 is 2.50 bits per heavy atom. The highest BCUT2D eigenvalue weighted by Gasteiger charge is 2.09. The molecule has 1 N–H and O–H groups in total. The summed E-state index contributed by atoms with van der Waals surface area (Å²) in [5, 5.41) is 13.0. The highest BCUT2D eigenvalue weighted by molar-refractivity contribution is 6.03. The summed E-state index contributed by atoms with van der Waals surface area (Å²) in [7, 11) is 0. The van der Waals surface area contributed by atoms with Gasteiger partial charge in [0.15, 0.2) is 5.82 Å². The Labute approximate surface area is 102 Å². The fraction of sp³-hybridized carbons (Fsp3) is 0. The molecule has 0 saturated carbocycles. The average molecular weight is 244 g/mol. The lowest BCUT2D eigenvalue weighted by Gasteiger charge is -2.02. The largest absolute Gasteiger partial charge is 0.305 e. The van der Waals surface area contributed by atoms with Crippen LogP contribution >= 0.6 is 0 Å². The standard InChI is InChI=1S/C11H8N4O3/c16-11(14-10-7-12-5-6-13-10)8-1-3-9(4-2-8)15(17)18/h1-7H,(H,13,14,16). The number of hydrogen-bond donors (Lipinski definition) is 1. The zero-order valence-corrected chi connectivity index (χ0v) is 9.11. The Morgan fingerprint density at radius 1 is 1.22 bits per heavy atom. The van der Waals surface area contributed by atoms with Gasteiger partial charge in [-0.2, -0.15) is 0 Å². The molecule has 0 atom stereocenters. The summed E-state index contributed by atoms with van der Waals surface area (Å²) in [6.45, 7) is 0. The van der Waals surface area contributed by atoms with E-state index in [1.807, 2.05) is 0 Å². The van der Waals surface area contributed by atoms with Gasteiger partial charge in [0.2, 0.25) is 0 Å². The number of rotatable bonds is 3. The number of nitrogens with one attached hydrogen (secondary N) is 1. The van der Waals surface area contributed by atoms with E-state index >= 15 is 0 Å². The van der Waals surface area contributed by atoms with Gasteiger partial charge >= 0.3 is 0 Å². The Balaban J connectivity index is 2.12. The number of benzene rings is 1. The number of nitrogens with zero attached hydrogens (tertiary/aromatic N) is 3. The lowest BCUT2D eigenvalue weighted by Crippen LogP contribution is -2.12. The van der Waals surface area contributed by atoms with E-state index in [1.54, 1.807) is 0 Å². The Hall–Kier alpha value is -2.83. The maximum atomic E-state index is 11.7. The van der Waals surface area contributed by atoms with Crippen molar-refractivity contribution < 1.29 is 9.72 Å². The van der Waals surface area contributed by atoms with Crippen molar-refractivity contribution in [3.8, 4) is 0 Å². The molecule has 0 saturated heterocycles. The van der Waals surface area contributed by atoms with Gasteiger partial charge in [-0.3, -0.25) is 19.9 Å². The normalized spacial score (nSPS) is 9.78. The highest BCUT2D eigenvalue weighted by Crippen LogP contribution is 2.12. The number of nitro benzene ring substituents is 1. The molecule has 0 unspecified atom stereocenters. The van der Waals surface area contributed by atoms with Crippen LogP contribution < -0.4 is 5.32 Å². The zero-order valence-electron chi connectivity index (χ0n) is 9.11. The first-order valence-electron chi connectivity index (χ1n) is 4.98. The topological polar surface area (TPSA) is 98.0 Å². The quantitative estimate of drug-likeness (QED) is 0.653. The molecule has 0 aliphatic rings. The molecule has 0 spiro atoms. The van der Waals surface area contributed by atoms with Gasteiger partial charge in [0, 0.05) is 30.1 Å². The van der Waals surface area contributed by atoms with Crippen LogP contribution in [0.15, 0.2) is 42.9 Å². The number of hydrogen-bond acceptors (Lipinski definition) is 5. The molecule has 1 amide bonds. The van der Waals surface area contributed by atoms with Crippen LogP contribution in [-0.2, 0) is 0 Å². The third kappa shape index (κ3) is 2.64. The summed E-state index contributed by atoms with van der Waals surface area (Å²) < 4.78 is 0. The molecule has 0 aliphatic heterocycles. The van der Waals surface area contributed by atoms with E-state index < -0.39 is 10.8 Å². The summed E-state index contributed by atoms with van der Waals surface area (Å²) in [5.74, 6) is -0.0775. The molecule has 1 aromatic carbocycles. The Bertz CT molecular complexity index is 569. The smallest absolute Gasteiger partial charge is 0.269 e.